The van der Waals surface area contributed by atoms with Gasteiger partial charge in [-0.25, -0.2) is 0 Å². The molecule has 1 aliphatic rings. The lowest BCUT2D eigenvalue weighted by atomic mass is 10.0. The number of pyridine rings is 1. The van der Waals surface area contributed by atoms with E-state index in [0.29, 0.717) is 11.1 Å². The highest BCUT2D eigenvalue weighted by Gasteiger charge is 2.14. The molecular weight excluding hydrogens is 184 g/mol. The maximum atomic E-state index is 5.77. The van der Waals surface area contributed by atoms with Crippen LogP contribution in [0.5, 0.6) is 0 Å². The zero-order valence-corrected chi connectivity index (χ0v) is 8.22. The Labute approximate surface area is 83.3 Å². The van der Waals surface area contributed by atoms with Crippen LogP contribution in [0.1, 0.15) is 31.0 Å². The zero-order chi connectivity index (χ0) is 9.10. The molecule has 0 amide bonds. The second-order valence-corrected chi connectivity index (χ2v) is 3.84. The molecule has 1 aliphatic heterocycles. The van der Waals surface area contributed by atoms with Crippen molar-refractivity contribution in [2.75, 3.05) is 6.54 Å². The van der Waals surface area contributed by atoms with Gasteiger partial charge in [-0.05, 0) is 31.5 Å². The molecule has 0 aromatic carbocycles. The minimum Gasteiger partial charge on any atom is -0.309 e. The van der Waals surface area contributed by atoms with Crippen LogP contribution in [0.15, 0.2) is 18.3 Å². The Bertz CT molecular complexity index is 265. The van der Waals surface area contributed by atoms with Crippen LogP contribution >= 0.6 is 11.6 Å². The molecule has 1 fully saturated rings. The van der Waals surface area contributed by atoms with Gasteiger partial charge >= 0.3 is 0 Å². The lowest BCUT2D eigenvalue weighted by Gasteiger charge is -2.22. The molecule has 13 heavy (non-hydrogen) atoms. The molecule has 1 aromatic heterocycles. The Morgan fingerprint density at radius 1 is 1.38 bits per heavy atom. The zero-order valence-electron chi connectivity index (χ0n) is 7.46. The summed E-state index contributed by atoms with van der Waals surface area (Å²) in [6, 6.07) is 4.34. The van der Waals surface area contributed by atoms with Crippen molar-refractivity contribution in [3.05, 3.63) is 29.0 Å². The Morgan fingerprint density at radius 2 is 2.31 bits per heavy atom. The van der Waals surface area contributed by atoms with E-state index in [4.69, 9.17) is 11.6 Å². The smallest absolute Gasteiger partial charge is 0.0589 e. The molecule has 0 spiro atoms. The summed E-state index contributed by atoms with van der Waals surface area (Å²) in [7, 11) is 0. The van der Waals surface area contributed by atoms with Gasteiger partial charge in [0.15, 0.2) is 0 Å². The van der Waals surface area contributed by atoms with Gasteiger partial charge in [-0.3, -0.25) is 4.98 Å². The molecule has 1 atom stereocenters. The van der Waals surface area contributed by atoms with E-state index >= 15 is 0 Å². The van der Waals surface area contributed by atoms with Crippen LogP contribution in [-0.2, 0) is 0 Å². The van der Waals surface area contributed by atoms with Crippen molar-refractivity contribution < 1.29 is 0 Å². The molecule has 2 rings (SSSR count). The Balaban J connectivity index is 2.10. The van der Waals surface area contributed by atoms with Crippen LogP contribution < -0.4 is 5.32 Å². The minimum absolute atomic E-state index is 0.436. The fourth-order valence-electron chi connectivity index (χ4n) is 1.70. The number of hydrogen-bond donors (Lipinski definition) is 1. The van der Waals surface area contributed by atoms with Gasteiger partial charge in [-0.15, -0.1) is 0 Å². The normalized spacial score (nSPS) is 23.0. The van der Waals surface area contributed by atoms with Gasteiger partial charge in [-0.1, -0.05) is 18.0 Å². The van der Waals surface area contributed by atoms with Crippen LogP contribution in [-0.4, -0.2) is 11.5 Å². The monoisotopic (exact) mass is 196 g/mol. The van der Waals surface area contributed by atoms with Crippen molar-refractivity contribution in [3.63, 3.8) is 0 Å². The predicted octanol–water partition coefficient (Wildman–Crippen LogP) is 2.55. The number of nitrogens with one attached hydrogen (secondary N) is 1. The molecular formula is C10H13ClN2. The molecule has 3 heteroatoms. The fourth-order valence-corrected chi connectivity index (χ4v) is 1.81. The molecule has 1 aromatic rings. The predicted molar refractivity (Wildman–Crippen MR) is 53.8 cm³/mol. The van der Waals surface area contributed by atoms with E-state index in [0.717, 1.165) is 12.2 Å². The molecule has 0 saturated carbocycles. The Kier molecular flexibility index (Phi) is 2.81. The van der Waals surface area contributed by atoms with E-state index in [9.17, 15) is 0 Å². The summed E-state index contributed by atoms with van der Waals surface area (Å²) in [5.41, 5.74) is 1.11. The average molecular weight is 197 g/mol. The second kappa shape index (κ2) is 4.07. The summed E-state index contributed by atoms with van der Waals surface area (Å²) in [6.07, 6.45) is 5.48. The largest absolute Gasteiger partial charge is 0.309 e. The first-order chi connectivity index (χ1) is 6.36. The summed E-state index contributed by atoms with van der Waals surface area (Å²) < 4.78 is 0. The first kappa shape index (κ1) is 8.97. The van der Waals surface area contributed by atoms with Gasteiger partial charge in [0.25, 0.3) is 0 Å². The Hall–Kier alpha value is -0.600. The van der Waals surface area contributed by atoms with E-state index in [1.807, 2.05) is 12.1 Å². The van der Waals surface area contributed by atoms with Gasteiger partial charge < -0.3 is 5.32 Å². The molecule has 1 N–H and O–H groups in total. The van der Waals surface area contributed by atoms with E-state index in [2.05, 4.69) is 10.3 Å². The van der Waals surface area contributed by atoms with Crippen molar-refractivity contribution in [1.82, 2.24) is 10.3 Å². The summed E-state index contributed by atoms with van der Waals surface area (Å²) in [5, 5.41) is 4.16. The van der Waals surface area contributed by atoms with Gasteiger partial charge in [0, 0.05) is 12.2 Å². The third-order valence-corrected chi connectivity index (χ3v) is 2.64. The number of hydrogen-bond acceptors (Lipinski definition) is 2. The third-order valence-electron chi connectivity index (χ3n) is 2.42. The highest BCUT2D eigenvalue weighted by molar-refractivity contribution is 6.30. The van der Waals surface area contributed by atoms with Gasteiger partial charge in [0.1, 0.15) is 0 Å². The van der Waals surface area contributed by atoms with Crippen molar-refractivity contribution >= 4 is 11.6 Å². The Morgan fingerprint density at radius 3 is 2.92 bits per heavy atom. The quantitative estimate of drug-likeness (QED) is 0.747. The van der Waals surface area contributed by atoms with Gasteiger partial charge in [0.05, 0.1) is 10.7 Å². The van der Waals surface area contributed by atoms with E-state index in [1.165, 1.54) is 19.3 Å². The summed E-state index contributed by atoms with van der Waals surface area (Å²) in [4.78, 5) is 4.31. The van der Waals surface area contributed by atoms with Crippen LogP contribution in [0.3, 0.4) is 0 Å². The standard InChI is InChI=1S/C10H13ClN2/c11-8-4-5-10(13-7-8)9-3-1-2-6-12-9/h4-5,7,9,12H,1-3,6H2. The van der Waals surface area contributed by atoms with Crippen LogP contribution in [0.4, 0.5) is 0 Å². The minimum atomic E-state index is 0.436. The second-order valence-electron chi connectivity index (χ2n) is 3.40. The third kappa shape index (κ3) is 2.20. The van der Waals surface area contributed by atoms with Crippen molar-refractivity contribution in [2.24, 2.45) is 0 Å². The van der Waals surface area contributed by atoms with Crippen molar-refractivity contribution in [3.8, 4) is 0 Å². The molecule has 2 heterocycles. The number of rotatable bonds is 1. The first-order valence-electron chi connectivity index (χ1n) is 4.71. The first-order valence-corrected chi connectivity index (χ1v) is 5.09. The molecule has 1 unspecified atom stereocenters. The SMILES string of the molecule is Clc1ccc(C2CCCCN2)nc1. The highest BCUT2D eigenvalue weighted by Crippen LogP contribution is 2.21. The van der Waals surface area contributed by atoms with Gasteiger partial charge in [-0.2, -0.15) is 0 Å². The van der Waals surface area contributed by atoms with Crippen molar-refractivity contribution in [1.29, 1.82) is 0 Å². The van der Waals surface area contributed by atoms with Crippen molar-refractivity contribution in [2.45, 2.75) is 25.3 Å². The van der Waals surface area contributed by atoms with Crippen LogP contribution in [0.2, 0.25) is 5.02 Å². The van der Waals surface area contributed by atoms with Crippen LogP contribution in [0.25, 0.3) is 0 Å². The topological polar surface area (TPSA) is 24.9 Å². The maximum absolute atomic E-state index is 5.77. The number of halogens is 1. The lowest BCUT2D eigenvalue weighted by molar-refractivity contribution is 0.405. The molecule has 1 saturated heterocycles. The van der Waals surface area contributed by atoms with E-state index in [1.54, 1.807) is 6.20 Å². The maximum Gasteiger partial charge on any atom is 0.0589 e. The van der Waals surface area contributed by atoms with Crippen LogP contribution in [0, 0.1) is 0 Å². The van der Waals surface area contributed by atoms with Gasteiger partial charge in [0.2, 0.25) is 0 Å². The van der Waals surface area contributed by atoms with E-state index < -0.39 is 0 Å². The summed E-state index contributed by atoms with van der Waals surface area (Å²) >= 11 is 5.77. The molecule has 0 bridgehead atoms. The van der Waals surface area contributed by atoms with E-state index in [-0.39, 0.29) is 0 Å². The lowest BCUT2D eigenvalue weighted by Crippen LogP contribution is -2.27. The average Bonchev–Trinajstić information content (AvgIpc) is 2.20. The summed E-state index contributed by atoms with van der Waals surface area (Å²) in [6.45, 7) is 1.11. The molecule has 70 valence electrons. The summed E-state index contributed by atoms with van der Waals surface area (Å²) in [5.74, 6) is 0. The fraction of sp³-hybridized carbons (Fsp3) is 0.500. The molecule has 0 radical (unpaired) electrons. The number of nitrogens with zero attached hydrogens (tertiary/aromatic N) is 1. The number of piperidine rings is 1. The molecule has 2 nitrogen and oxygen atoms in total. The highest BCUT2D eigenvalue weighted by atomic mass is 35.5. The number of aromatic nitrogens is 1. The molecule has 0 aliphatic carbocycles.